The van der Waals surface area contributed by atoms with Gasteiger partial charge in [0.1, 0.15) is 24.1 Å². The minimum absolute atomic E-state index is 0.167. The molecule has 0 radical (unpaired) electrons. The number of nitrogens with zero attached hydrogens (tertiary/aromatic N) is 2. The smallest absolute Gasteiger partial charge is 0.244 e. The zero-order valence-corrected chi connectivity index (χ0v) is 22.4. The van der Waals surface area contributed by atoms with Crippen molar-refractivity contribution in [1.29, 1.82) is 0 Å². The molecule has 1 N–H and O–H groups in total. The van der Waals surface area contributed by atoms with Gasteiger partial charge in [0.2, 0.25) is 21.8 Å². The molecule has 3 rings (SSSR count). The highest BCUT2D eigenvalue weighted by Crippen LogP contribution is 2.26. The number of carbonyl (C=O) groups is 2. The van der Waals surface area contributed by atoms with Gasteiger partial charge in [-0.15, -0.1) is 0 Å². The Balaban J connectivity index is 1.85. The maximum atomic E-state index is 13.5. The van der Waals surface area contributed by atoms with Crippen LogP contribution in [0.3, 0.4) is 0 Å². The van der Waals surface area contributed by atoms with Gasteiger partial charge < -0.3 is 15.0 Å². The summed E-state index contributed by atoms with van der Waals surface area (Å²) in [7, 11) is -3.81. The number of likely N-dealkylation sites (N-methyl/N-ethyl adjacent to an activating group) is 1. The number of hydrogen-bond donors (Lipinski definition) is 1. The summed E-state index contributed by atoms with van der Waals surface area (Å²) in [6.45, 7) is 5.52. The predicted molar refractivity (Wildman–Crippen MR) is 145 cm³/mol. The second-order valence-electron chi connectivity index (χ2n) is 8.76. The first-order valence-electron chi connectivity index (χ1n) is 12.0. The first-order valence-corrected chi connectivity index (χ1v) is 13.9. The predicted octanol–water partition coefficient (Wildman–Crippen LogP) is 4.11. The summed E-state index contributed by atoms with van der Waals surface area (Å²) in [6, 6.07) is 22.5. The normalized spacial score (nSPS) is 11.9. The fourth-order valence-electron chi connectivity index (χ4n) is 3.83. The second kappa shape index (κ2) is 12.4. The van der Waals surface area contributed by atoms with Gasteiger partial charge >= 0.3 is 0 Å². The van der Waals surface area contributed by atoms with Gasteiger partial charge in [-0.1, -0.05) is 48.0 Å². The summed E-state index contributed by atoms with van der Waals surface area (Å²) in [5, 5.41) is 2.74. The Morgan fingerprint density at radius 1 is 0.946 bits per heavy atom. The molecule has 8 nitrogen and oxygen atoms in total. The van der Waals surface area contributed by atoms with Crippen LogP contribution in [0.4, 0.5) is 5.69 Å². The van der Waals surface area contributed by atoms with E-state index in [1.54, 1.807) is 38.1 Å². The van der Waals surface area contributed by atoms with E-state index in [1.165, 1.54) is 4.90 Å². The van der Waals surface area contributed by atoms with Crippen LogP contribution in [0.5, 0.6) is 11.5 Å². The third-order valence-electron chi connectivity index (χ3n) is 5.74. The van der Waals surface area contributed by atoms with E-state index >= 15 is 0 Å². The zero-order valence-electron chi connectivity index (χ0n) is 21.5. The van der Waals surface area contributed by atoms with Crippen molar-refractivity contribution in [1.82, 2.24) is 10.2 Å². The lowest BCUT2D eigenvalue weighted by Gasteiger charge is -2.31. The Labute approximate surface area is 218 Å². The Bertz CT molecular complexity index is 1310. The number of para-hydroxylation sites is 1. The molecular weight excluding hydrogens is 490 g/mol. The van der Waals surface area contributed by atoms with Crippen LogP contribution in [0.1, 0.15) is 25.0 Å². The third kappa shape index (κ3) is 7.82. The quantitative estimate of drug-likeness (QED) is 0.408. The molecule has 196 valence electrons. The minimum Gasteiger partial charge on any atom is -0.457 e. The van der Waals surface area contributed by atoms with Gasteiger partial charge in [-0.2, -0.15) is 0 Å². The highest BCUT2D eigenvalue weighted by molar-refractivity contribution is 7.92. The molecule has 3 aromatic rings. The van der Waals surface area contributed by atoms with E-state index in [0.717, 1.165) is 21.7 Å². The molecule has 0 aliphatic heterocycles. The highest BCUT2D eigenvalue weighted by Gasteiger charge is 2.30. The number of hydrogen-bond acceptors (Lipinski definition) is 5. The van der Waals surface area contributed by atoms with Crippen LogP contribution in [0, 0.1) is 6.92 Å². The first kappa shape index (κ1) is 27.7. The van der Waals surface area contributed by atoms with Crippen LogP contribution >= 0.6 is 0 Å². The van der Waals surface area contributed by atoms with Crippen molar-refractivity contribution in [3.05, 3.63) is 90.0 Å². The van der Waals surface area contributed by atoms with E-state index in [9.17, 15) is 18.0 Å². The lowest BCUT2D eigenvalue weighted by atomic mass is 10.1. The molecule has 3 aromatic carbocycles. The number of aryl methyl sites for hydroxylation is 1. The molecule has 0 aliphatic carbocycles. The summed E-state index contributed by atoms with van der Waals surface area (Å²) in [4.78, 5) is 27.6. The third-order valence-corrected chi connectivity index (χ3v) is 6.88. The summed E-state index contributed by atoms with van der Waals surface area (Å²) < 4.78 is 32.3. The summed E-state index contributed by atoms with van der Waals surface area (Å²) in [5.41, 5.74) is 2.18. The molecule has 1 unspecified atom stereocenters. The largest absolute Gasteiger partial charge is 0.457 e. The van der Waals surface area contributed by atoms with Gasteiger partial charge in [-0.05, 0) is 62.7 Å². The van der Waals surface area contributed by atoms with Crippen molar-refractivity contribution in [2.45, 2.75) is 33.4 Å². The summed E-state index contributed by atoms with van der Waals surface area (Å²) >= 11 is 0. The minimum atomic E-state index is -3.81. The van der Waals surface area contributed by atoms with E-state index < -0.39 is 28.5 Å². The molecule has 2 amide bonds. The molecule has 0 bridgehead atoms. The maximum absolute atomic E-state index is 13.5. The van der Waals surface area contributed by atoms with Gasteiger partial charge in [-0.3, -0.25) is 13.9 Å². The van der Waals surface area contributed by atoms with E-state index in [-0.39, 0.29) is 12.5 Å². The lowest BCUT2D eigenvalue weighted by molar-refractivity contribution is -0.139. The molecule has 0 heterocycles. The Hall–Kier alpha value is -3.85. The van der Waals surface area contributed by atoms with Crippen molar-refractivity contribution in [3.63, 3.8) is 0 Å². The molecule has 0 saturated carbocycles. The molecule has 1 atom stereocenters. The maximum Gasteiger partial charge on any atom is 0.244 e. The molecule has 0 aromatic heterocycles. The number of rotatable bonds is 11. The fourth-order valence-corrected chi connectivity index (χ4v) is 4.68. The molecular formula is C28H33N3O5S. The van der Waals surface area contributed by atoms with Crippen molar-refractivity contribution < 1.29 is 22.7 Å². The van der Waals surface area contributed by atoms with Gasteiger partial charge in [0, 0.05) is 13.1 Å². The summed E-state index contributed by atoms with van der Waals surface area (Å²) in [5.74, 6) is 0.379. The van der Waals surface area contributed by atoms with E-state index in [4.69, 9.17) is 4.74 Å². The average Bonchev–Trinajstić information content (AvgIpc) is 2.86. The standard InChI is InChI=1S/C28H33N3O5S/c1-5-29-28(33)22(3)30(19-23-11-9-10-21(2)18-23)27(32)20-31(37(4,34)35)24-14-16-26(17-15-24)36-25-12-7-6-8-13-25/h6-18,22H,5,19-20H2,1-4H3,(H,29,33). The number of nitrogens with one attached hydrogen (secondary N) is 1. The molecule has 0 aliphatic rings. The number of benzene rings is 3. The number of carbonyl (C=O) groups excluding carboxylic acids is 2. The van der Waals surface area contributed by atoms with Crippen LogP contribution in [0.2, 0.25) is 0 Å². The van der Waals surface area contributed by atoms with Crippen molar-refractivity contribution >= 4 is 27.5 Å². The molecule has 37 heavy (non-hydrogen) atoms. The lowest BCUT2D eigenvalue weighted by Crippen LogP contribution is -2.51. The number of amides is 2. The van der Waals surface area contributed by atoms with Crippen molar-refractivity contribution in [2.24, 2.45) is 0 Å². The topological polar surface area (TPSA) is 96.0 Å². The monoisotopic (exact) mass is 523 g/mol. The Morgan fingerprint density at radius 2 is 1.59 bits per heavy atom. The molecule has 0 fully saturated rings. The number of sulfonamides is 1. The number of ether oxygens (including phenoxy) is 1. The van der Waals surface area contributed by atoms with Gasteiger partial charge in [0.25, 0.3) is 0 Å². The van der Waals surface area contributed by atoms with Crippen LogP contribution in [0.15, 0.2) is 78.9 Å². The van der Waals surface area contributed by atoms with Crippen LogP contribution in [0.25, 0.3) is 0 Å². The van der Waals surface area contributed by atoms with Crippen molar-refractivity contribution in [2.75, 3.05) is 23.7 Å². The first-order chi connectivity index (χ1) is 17.6. The highest BCUT2D eigenvalue weighted by atomic mass is 32.2. The molecule has 9 heteroatoms. The van der Waals surface area contributed by atoms with Gasteiger partial charge in [-0.25, -0.2) is 8.42 Å². The van der Waals surface area contributed by atoms with E-state index in [2.05, 4.69) is 5.32 Å². The van der Waals surface area contributed by atoms with Gasteiger partial charge in [0.15, 0.2) is 0 Å². The second-order valence-corrected chi connectivity index (χ2v) is 10.7. The van der Waals surface area contributed by atoms with Crippen LogP contribution < -0.4 is 14.4 Å². The zero-order chi connectivity index (χ0) is 27.0. The average molecular weight is 524 g/mol. The van der Waals surface area contributed by atoms with E-state index in [1.807, 2.05) is 61.5 Å². The van der Waals surface area contributed by atoms with Gasteiger partial charge in [0.05, 0.1) is 11.9 Å². The fraction of sp³-hybridized carbons (Fsp3) is 0.286. The molecule has 0 saturated heterocycles. The summed E-state index contributed by atoms with van der Waals surface area (Å²) in [6.07, 6.45) is 1.05. The Morgan fingerprint density at radius 3 is 2.19 bits per heavy atom. The number of anilines is 1. The SMILES string of the molecule is CCNC(=O)C(C)N(Cc1cccc(C)c1)C(=O)CN(c1ccc(Oc2ccccc2)cc1)S(C)(=O)=O. The Kier molecular flexibility index (Phi) is 9.30. The van der Waals surface area contributed by atoms with Crippen LogP contribution in [-0.4, -0.2) is 50.5 Å². The molecule has 0 spiro atoms. The van der Waals surface area contributed by atoms with Crippen LogP contribution in [-0.2, 0) is 26.2 Å². The van der Waals surface area contributed by atoms with E-state index in [0.29, 0.717) is 23.7 Å². The van der Waals surface area contributed by atoms with Crippen molar-refractivity contribution in [3.8, 4) is 11.5 Å².